The first-order chi connectivity index (χ1) is 13.0. The number of thiophene rings is 1. The molecule has 0 spiro atoms. The maximum atomic E-state index is 12.4. The van der Waals surface area contributed by atoms with Crippen LogP contribution < -0.4 is 5.32 Å². The van der Waals surface area contributed by atoms with E-state index in [0.29, 0.717) is 4.88 Å². The summed E-state index contributed by atoms with van der Waals surface area (Å²) in [7, 11) is 0. The predicted octanol–water partition coefficient (Wildman–Crippen LogP) is 4.31. The molecule has 0 saturated heterocycles. The lowest BCUT2D eigenvalue weighted by Gasteiger charge is -2.17. The first kappa shape index (κ1) is 19.6. The molecule has 1 amide bonds. The summed E-state index contributed by atoms with van der Waals surface area (Å²) in [5, 5.41) is 2.94. The maximum absolute atomic E-state index is 12.4. The molecule has 0 saturated carbocycles. The van der Waals surface area contributed by atoms with Crippen LogP contribution >= 0.6 is 11.3 Å². The van der Waals surface area contributed by atoms with E-state index in [0.717, 1.165) is 25.7 Å². The first-order valence-corrected chi connectivity index (χ1v) is 10.5. The molecule has 2 atom stereocenters. The van der Waals surface area contributed by atoms with Crippen molar-refractivity contribution in [3.63, 3.8) is 0 Å². The number of esters is 1. The monoisotopic (exact) mass is 385 g/mol. The van der Waals surface area contributed by atoms with E-state index < -0.39 is 12.1 Å². The molecule has 2 aromatic rings. The number of carbonyl (C=O) groups excluding carboxylic acids is 2. The van der Waals surface area contributed by atoms with E-state index >= 15 is 0 Å². The third-order valence-electron chi connectivity index (χ3n) is 4.95. The lowest BCUT2D eigenvalue weighted by Crippen LogP contribution is -2.40. The fraction of sp³-hybridized carbons (Fsp3) is 0.455. The van der Waals surface area contributed by atoms with Crippen molar-refractivity contribution in [2.75, 3.05) is 0 Å². The van der Waals surface area contributed by atoms with Crippen molar-refractivity contribution in [1.82, 2.24) is 5.32 Å². The first-order valence-electron chi connectivity index (χ1n) is 9.70. The third kappa shape index (κ3) is 5.42. The number of aryl methyl sites for hydroxylation is 3. The number of hydrogen-bond acceptors (Lipinski definition) is 4. The zero-order valence-electron chi connectivity index (χ0n) is 16.0. The summed E-state index contributed by atoms with van der Waals surface area (Å²) < 4.78 is 5.40. The number of hydrogen-bond donors (Lipinski definition) is 1. The van der Waals surface area contributed by atoms with Crippen LogP contribution in [-0.2, 0) is 28.8 Å². The number of carbonyl (C=O) groups is 2. The molecule has 3 rings (SSSR count). The standard InChI is InChI=1S/C22H27NO3S/c1-15(12-13-17-8-4-3-5-9-17)23-21(24)16(2)26-22(25)20-14-18-10-6-7-11-19(18)27-20/h3-5,8-9,14-16H,6-7,10-13H2,1-2H3,(H,23,24)/t15-,16+/m1/s1. The Labute approximate surface area is 164 Å². The Hall–Kier alpha value is -2.14. The van der Waals surface area contributed by atoms with Crippen molar-refractivity contribution in [1.29, 1.82) is 0 Å². The van der Waals surface area contributed by atoms with Gasteiger partial charge in [0.25, 0.3) is 5.91 Å². The van der Waals surface area contributed by atoms with Gasteiger partial charge in [-0.1, -0.05) is 30.3 Å². The molecule has 1 aromatic heterocycles. The molecule has 5 heteroatoms. The Bertz CT molecular complexity index is 761. The number of fused-ring (bicyclic) bond motifs is 1. The van der Waals surface area contributed by atoms with E-state index in [-0.39, 0.29) is 11.9 Å². The zero-order chi connectivity index (χ0) is 19.2. The molecule has 1 aliphatic carbocycles. The summed E-state index contributed by atoms with van der Waals surface area (Å²) >= 11 is 1.51. The van der Waals surface area contributed by atoms with Gasteiger partial charge in [-0.25, -0.2) is 4.79 Å². The van der Waals surface area contributed by atoms with Crippen molar-refractivity contribution < 1.29 is 14.3 Å². The molecular formula is C22H27NO3S. The summed E-state index contributed by atoms with van der Waals surface area (Å²) in [6, 6.07) is 12.2. The SMILES string of the molecule is C[C@H](CCc1ccccc1)NC(=O)[C@H](C)OC(=O)c1cc2c(s1)CCCC2. The van der Waals surface area contributed by atoms with Crippen molar-refractivity contribution in [2.45, 2.75) is 64.5 Å². The average molecular weight is 386 g/mol. The van der Waals surface area contributed by atoms with Gasteiger partial charge in [0, 0.05) is 10.9 Å². The van der Waals surface area contributed by atoms with Gasteiger partial charge in [0.1, 0.15) is 4.88 Å². The topological polar surface area (TPSA) is 55.4 Å². The van der Waals surface area contributed by atoms with E-state index in [1.165, 1.54) is 40.2 Å². The van der Waals surface area contributed by atoms with Crippen LogP contribution in [0.15, 0.2) is 36.4 Å². The molecule has 144 valence electrons. The molecule has 1 N–H and O–H groups in total. The maximum Gasteiger partial charge on any atom is 0.349 e. The van der Waals surface area contributed by atoms with Crippen molar-refractivity contribution in [3.8, 4) is 0 Å². The summed E-state index contributed by atoms with van der Waals surface area (Å²) in [5.74, 6) is -0.640. The van der Waals surface area contributed by atoms with Crippen LogP contribution in [-0.4, -0.2) is 24.0 Å². The minimum Gasteiger partial charge on any atom is -0.448 e. The molecule has 27 heavy (non-hydrogen) atoms. The van der Waals surface area contributed by atoms with Gasteiger partial charge in [0.2, 0.25) is 0 Å². The van der Waals surface area contributed by atoms with Crippen molar-refractivity contribution in [2.24, 2.45) is 0 Å². The molecule has 4 nitrogen and oxygen atoms in total. The Morgan fingerprint density at radius 1 is 1.15 bits per heavy atom. The largest absolute Gasteiger partial charge is 0.448 e. The quantitative estimate of drug-likeness (QED) is 0.723. The fourth-order valence-electron chi connectivity index (χ4n) is 3.32. The van der Waals surface area contributed by atoms with Gasteiger partial charge in [-0.15, -0.1) is 11.3 Å². The van der Waals surface area contributed by atoms with Crippen molar-refractivity contribution >= 4 is 23.2 Å². The Morgan fingerprint density at radius 3 is 2.63 bits per heavy atom. The molecule has 1 aliphatic rings. The highest BCUT2D eigenvalue weighted by molar-refractivity contribution is 7.14. The summed E-state index contributed by atoms with van der Waals surface area (Å²) in [6.45, 7) is 3.60. The molecule has 0 bridgehead atoms. The highest BCUT2D eigenvalue weighted by Gasteiger charge is 2.23. The summed E-state index contributed by atoms with van der Waals surface area (Å²) in [6.07, 6.45) is 5.39. The van der Waals surface area contributed by atoms with Gasteiger partial charge in [0.15, 0.2) is 6.10 Å². The van der Waals surface area contributed by atoms with Crippen LogP contribution in [0.3, 0.4) is 0 Å². The van der Waals surface area contributed by atoms with E-state index in [1.54, 1.807) is 6.92 Å². The lowest BCUT2D eigenvalue weighted by atomic mass is 9.99. The minimum atomic E-state index is -0.796. The average Bonchev–Trinajstić information content (AvgIpc) is 3.11. The van der Waals surface area contributed by atoms with Crippen LogP contribution in [0.4, 0.5) is 0 Å². The van der Waals surface area contributed by atoms with Crippen LogP contribution in [0, 0.1) is 0 Å². The number of nitrogens with one attached hydrogen (secondary N) is 1. The molecule has 0 radical (unpaired) electrons. The lowest BCUT2D eigenvalue weighted by molar-refractivity contribution is -0.129. The molecule has 0 aliphatic heterocycles. The van der Waals surface area contributed by atoms with Gasteiger partial charge in [-0.05, 0) is 69.6 Å². The zero-order valence-corrected chi connectivity index (χ0v) is 16.8. The number of benzene rings is 1. The van der Waals surface area contributed by atoms with E-state index in [2.05, 4.69) is 17.4 Å². The molecule has 0 fully saturated rings. The van der Waals surface area contributed by atoms with E-state index in [1.807, 2.05) is 31.2 Å². The Morgan fingerprint density at radius 2 is 1.89 bits per heavy atom. The van der Waals surface area contributed by atoms with E-state index in [4.69, 9.17) is 4.74 Å². The second-order valence-electron chi connectivity index (χ2n) is 7.25. The number of amides is 1. The van der Waals surface area contributed by atoms with Crippen LogP contribution in [0.5, 0.6) is 0 Å². The third-order valence-corrected chi connectivity index (χ3v) is 6.17. The van der Waals surface area contributed by atoms with Crippen LogP contribution in [0.1, 0.15) is 58.8 Å². The molecule has 0 unspecified atom stereocenters. The van der Waals surface area contributed by atoms with Crippen LogP contribution in [0.2, 0.25) is 0 Å². The van der Waals surface area contributed by atoms with Gasteiger partial charge >= 0.3 is 5.97 Å². The van der Waals surface area contributed by atoms with Gasteiger partial charge in [-0.3, -0.25) is 4.79 Å². The molecule has 1 heterocycles. The summed E-state index contributed by atoms with van der Waals surface area (Å²) in [4.78, 5) is 26.6. The van der Waals surface area contributed by atoms with Crippen molar-refractivity contribution in [3.05, 3.63) is 57.3 Å². The second kappa shape index (κ2) is 9.18. The van der Waals surface area contributed by atoms with Gasteiger partial charge in [0.05, 0.1) is 0 Å². The molecule has 1 aromatic carbocycles. The number of ether oxygens (including phenoxy) is 1. The highest BCUT2D eigenvalue weighted by atomic mass is 32.1. The number of rotatable bonds is 7. The second-order valence-corrected chi connectivity index (χ2v) is 8.38. The smallest absolute Gasteiger partial charge is 0.349 e. The highest BCUT2D eigenvalue weighted by Crippen LogP contribution is 2.30. The van der Waals surface area contributed by atoms with Gasteiger partial charge < -0.3 is 10.1 Å². The predicted molar refractivity (Wildman–Crippen MR) is 108 cm³/mol. The van der Waals surface area contributed by atoms with E-state index in [9.17, 15) is 9.59 Å². The van der Waals surface area contributed by atoms with Crippen LogP contribution in [0.25, 0.3) is 0 Å². The Kier molecular flexibility index (Phi) is 6.67. The van der Waals surface area contributed by atoms with Gasteiger partial charge in [-0.2, -0.15) is 0 Å². The summed E-state index contributed by atoms with van der Waals surface area (Å²) in [5.41, 5.74) is 2.52. The molecular weight excluding hydrogens is 358 g/mol. The minimum absolute atomic E-state index is 0.0212. The Balaban J connectivity index is 1.46. The normalized spacial score (nSPS) is 15.5. The fourth-order valence-corrected chi connectivity index (χ4v) is 4.46.